The van der Waals surface area contributed by atoms with Gasteiger partial charge < -0.3 is 4.90 Å². The molecule has 2 aromatic carbocycles. The molecule has 3 aromatic rings. The largest absolute Gasteiger partial charge is 0.338 e. The number of hydrogen-bond donors (Lipinski definition) is 1. The van der Waals surface area contributed by atoms with Crippen LogP contribution in [-0.4, -0.2) is 64.4 Å². The maximum Gasteiger partial charge on any atom is 0.252 e. The number of aryl methyl sites for hydroxylation is 1. The van der Waals surface area contributed by atoms with E-state index in [2.05, 4.69) is 9.97 Å². The van der Waals surface area contributed by atoms with Crippen molar-refractivity contribution in [3.63, 3.8) is 0 Å². The number of benzene rings is 2. The van der Waals surface area contributed by atoms with Gasteiger partial charge in [-0.25, -0.2) is 9.99 Å². The molecule has 4 rings (SSSR count). The number of rotatable bonds is 6. The summed E-state index contributed by atoms with van der Waals surface area (Å²) in [5.41, 5.74) is 4.82. The number of nitrogens with two attached hydrogens (primary N) is 1. The molecule has 0 radical (unpaired) electrons. The smallest absolute Gasteiger partial charge is 0.252 e. The van der Waals surface area contributed by atoms with Crippen LogP contribution >= 0.6 is 0 Å². The number of anilines is 1. The molecule has 180 valence electrons. The van der Waals surface area contributed by atoms with Gasteiger partial charge in [0.25, 0.3) is 5.91 Å². The average molecular weight is 471 g/mol. The number of hydrogen-bond acceptors (Lipinski definition) is 6. The minimum absolute atomic E-state index is 0.125. The van der Waals surface area contributed by atoms with E-state index in [9.17, 15) is 9.59 Å². The first-order valence-corrected chi connectivity index (χ1v) is 11.6. The van der Waals surface area contributed by atoms with Crippen LogP contribution in [0.2, 0.25) is 0 Å². The van der Waals surface area contributed by atoms with Gasteiger partial charge in [0.05, 0.1) is 18.1 Å². The van der Waals surface area contributed by atoms with Crippen molar-refractivity contribution in [1.29, 1.82) is 0 Å². The van der Waals surface area contributed by atoms with E-state index in [1.165, 1.54) is 17.2 Å². The summed E-state index contributed by atoms with van der Waals surface area (Å²) in [6.07, 6.45) is 6.43. The summed E-state index contributed by atoms with van der Waals surface area (Å²) in [5.74, 6) is 5.66. The Labute approximate surface area is 205 Å². The average Bonchev–Trinajstić information content (AvgIpc) is 2.89. The second-order valence-corrected chi connectivity index (χ2v) is 8.59. The van der Waals surface area contributed by atoms with Gasteiger partial charge >= 0.3 is 0 Å². The molecule has 1 aromatic heterocycles. The molecule has 2 amide bonds. The van der Waals surface area contributed by atoms with E-state index in [0.717, 1.165) is 22.3 Å². The third-order valence-electron chi connectivity index (χ3n) is 6.26. The quantitative estimate of drug-likeness (QED) is 0.440. The van der Waals surface area contributed by atoms with Crippen LogP contribution in [0.3, 0.4) is 0 Å². The Kier molecular flexibility index (Phi) is 7.64. The fourth-order valence-corrected chi connectivity index (χ4v) is 3.90. The maximum atomic E-state index is 13.3. The van der Waals surface area contributed by atoms with E-state index in [1.54, 1.807) is 22.2 Å². The SMILES string of the molecule is Cc1cccc(/C=C\C(=O)N(CC(=O)N2CCN(N)CC2)c2cnc(-c3ccccc3)cn2)c1C. The Balaban J connectivity index is 1.58. The molecular formula is C27H30N6O2. The summed E-state index contributed by atoms with van der Waals surface area (Å²) in [6.45, 7) is 6.16. The number of amides is 2. The molecule has 1 fully saturated rings. The fraction of sp³-hybridized carbons (Fsp3) is 0.259. The van der Waals surface area contributed by atoms with E-state index in [1.807, 2.05) is 62.4 Å². The summed E-state index contributed by atoms with van der Waals surface area (Å²) in [4.78, 5) is 38.4. The zero-order valence-electron chi connectivity index (χ0n) is 20.1. The first-order chi connectivity index (χ1) is 16.9. The van der Waals surface area contributed by atoms with Gasteiger partial charge in [0, 0.05) is 37.8 Å². The monoisotopic (exact) mass is 470 g/mol. The molecule has 35 heavy (non-hydrogen) atoms. The third kappa shape index (κ3) is 5.98. The van der Waals surface area contributed by atoms with Crippen molar-refractivity contribution in [2.24, 2.45) is 5.84 Å². The number of piperazine rings is 1. The van der Waals surface area contributed by atoms with Gasteiger partial charge in [-0.1, -0.05) is 48.5 Å². The summed E-state index contributed by atoms with van der Waals surface area (Å²) in [6, 6.07) is 15.6. The summed E-state index contributed by atoms with van der Waals surface area (Å²) in [5, 5.41) is 1.69. The molecule has 2 N–H and O–H groups in total. The van der Waals surface area contributed by atoms with Crippen molar-refractivity contribution < 1.29 is 9.59 Å². The highest BCUT2D eigenvalue weighted by Crippen LogP contribution is 2.19. The van der Waals surface area contributed by atoms with Gasteiger partial charge in [0.2, 0.25) is 5.91 Å². The lowest BCUT2D eigenvalue weighted by molar-refractivity contribution is -0.132. The highest BCUT2D eigenvalue weighted by molar-refractivity contribution is 6.06. The van der Waals surface area contributed by atoms with Crippen LogP contribution in [0.15, 0.2) is 67.0 Å². The topological polar surface area (TPSA) is 95.7 Å². The predicted octanol–water partition coefficient (Wildman–Crippen LogP) is 2.82. The Morgan fingerprint density at radius 3 is 2.40 bits per heavy atom. The molecule has 1 saturated heterocycles. The predicted molar refractivity (Wildman–Crippen MR) is 137 cm³/mol. The summed E-state index contributed by atoms with van der Waals surface area (Å²) >= 11 is 0. The van der Waals surface area contributed by atoms with Crippen LogP contribution in [0.1, 0.15) is 16.7 Å². The number of nitrogens with zero attached hydrogens (tertiary/aromatic N) is 5. The fourth-order valence-electron chi connectivity index (χ4n) is 3.90. The van der Waals surface area contributed by atoms with Crippen molar-refractivity contribution in [2.45, 2.75) is 13.8 Å². The molecule has 0 saturated carbocycles. The Morgan fingerprint density at radius 1 is 0.971 bits per heavy atom. The van der Waals surface area contributed by atoms with Crippen LogP contribution < -0.4 is 10.7 Å². The molecule has 0 spiro atoms. The lowest BCUT2D eigenvalue weighted by Gasteiger charge is -2.33. The molecule has 1 aliphatic heterocycles. The number of carbonyl (C=O) groups is 2. The van der Waals surface area contributed by atoms with Gasteiger partial charge in [-0.3, -0.25) is 25.3 Å². The Bertz CT molecular complexity index is 1200. The van der Waals surface area contributed by atoms with Crippen molar-refractivity contribution in [2.75, 3.05) is 37.6 Å². The molecule has 1 aliphatic rings. The van der Waals surface area contributed by atoms with Crippen LogP contribution in [0.25, 0.3) is 17.3 Å². The Hall–Kier alpha value is -3.88. The second kappa shape index (κ2) is 11.0. The van der Waals surface area contributed by atoms with Crippen molar-refractivity contribution >= 4 is 23.7 Å². The van der Waals surface area contributed by atoms with Gasteiger partial charge in [0.15, 0.2) is 5.82 Å². The van der Waals surface area contributed by atoms with E-state index >= 15 is 0 Å². The second-order valence-electron chi connectivity index (χ2n) is 8.59. The lowest BCUT2D eigenvalue weighted by atomic mass is 10.0. The summed E-state index contributed by atoms with van der Waals surface area (Å²) in [7, 11) is 0. The van der Waals surface area contributed by atoms with E-state index in [4.69, 9.17) is 5.84 Å². The Morgan fingerprint density at radius 2 is 1.71 bits per heavy atom. The maximum absolute atomic E-state index is 13.3. The normalized spacial score (nSPS) is 14.3. The van der Waals surface area contributed by atoms with Crippen LogP contribution in [0.4, 0.5) is 5.82 Å². The van der Waals surface area contributed by atoms with Gasteiger partial charge in [0.1, 0.15) is 6.54 Å². The highest BCUT2D eigenvalue weighted by atomic mass is 16.2. The van der Waals surface area contributed by atoms with Crippen molar-refractivity contribution in [3.8, 4) is 11.3 Å². The van der Waals surface area contributed by atoms with Crippen molar-refractivity contribution in [3.05, 3.63) is 83.7 Å². The minimum atomic E-state index is -0.335. The molecule has 0 unspecified atom stereocenters. The standard InChI is InChI=1S/C27H30N6O2/c1-20-7-6-10-22(21(20)2)11-12-26(34)33(19-27(35)31-13-15-32(28)16-14-31)25-18-29-24(17-30-25)23-8-4-3-5-9-23/h3-12,17-18H,13-16,19,28H2,1-2H3/b12-11-. The van der Waals surface area contributed by atoms with Gasteiger partial charge in [-0.05, 0) is 36.6 Å². The van der Waals surface area contributed by atoms with Crippen molar-refractivity contribution in [1.82, 2.24) is 19.9 Å². The molecule has 0 atom stereocenters. The minimum Gasteiger partial charge on any atom is -0.338 e. The zero-order chi connectivity index (χ0) is 24.8. The van der Waals surface area contributed by atoms with Crippen LogP contribution in [0, 0.1) is 13.8 Å². The van der Waals surface area contributed by atoms with Gasteiger partial charge in [-0.15, -0.1) is 0 Å². The first-order valence-electron chi connectivity index (χ1n) is 11.6. The van der Waals surface area contributed by atoms with Crippen LogP contribution in [0.5, 0.6) is 0 Å². The van der Waals surface area contributed by atoms with Gasteiger partial charge in [-0.2, -0.15) is 0 Å². The zero-order valence-corrected chi connectivity index (χ0v) is 20.1. The molecule has 2 heterocycles. The highest BCUT2D eigenvalue weighted by Gasteiger charge is 2.25. The van der Waals surface area contributed by atoms with E-state index < -0.39 is 0 Å². The first kappa shape index (κ1) is 24.3. The van der Waals surface area contributed by atoms with E-state index in [-0.39, 0.29) is 18.4 Å². The molecule has 0 bridgehead atoms. The molecule has 0 aliphatic carbocycles. The molecule has 8 heteroatoms. The third-order valence-corrected chi connectivity index (χ3v) is 6.26. The summed E-state index contributed by atoms with van der Waals surface area (Å²) < 4.78 is 0. The lowest BCUT2D eigenvalue weighted by Crippen LogP contribution is -2.53. The number of carbonyl (C=O) groups excluding carboxylic acids is 2. The molecular weight excluding hydrogens is 440 g/mol. The van der Waals surface area contributed by atoms with Crippen LogP contribution in [-0.2, 0) is 9.59 Å². The number of aromatic nitrogens is 2. The molecule has 8 nitrogen and oxygen atoms in total. The van der Waals surface area contributed by atoms with E-state index in [0.29, 0.717) is 37.7 Å². The number of hydrazine groups is 1.